The van der Waals surface area contributed by atoms with Crippen molar-refractivity contribution in [3.8, 4) is 0 Å². The van der Waals surface area contributed by atoms with Crippen LogP contribution < -0.4 is 0 Å². The summed E-state index contributed by atoms with van der Waals surface area (Å²) in [5.74, 6) is -6.72. The zero-order chi connectivity index (χ0) is 50.4. The summed E-state index contributed by atoms with van der Waals surface area (Å²) < 4.78 is 23.9. The number of nitrogens with zero attached hydrogens (tertiary/aromatic N) is 4. The van der Waals surface area contributed by atoms with Crippen molar-refractivity contribution < 1.29 is 57.3 Å². The molecule has 0 unspecified atom stereocenters. The van der Waals surface area contributed by atoms with Crippen LogP contribution in [0.1, 0.15) is 111 Å². The van der Waals surface area contributed by atoms with E-state index in [4.69, 9.17) is 18.9 Å². The quantitative estimate of drug-likeness (QED) is 0.214. The molecule has 0 N–H and O–H groups in total. The molecule has 2 saturated heterocycles. The summed E-state index contributed by atoms with van der Waals surface area (Å²) >= 11 is 0. The number of cyclic esters (lactones) is 4. The van der Waals surface area contributed by atoms with E-state index in [1.165, 1.54) is 39.9 Å². The fraction of sp³-hybridized carbons (Fsp3) is 0.615. The van der Waals surface area contributed by atoms with Gasteiger partial charge in [0.25, 0.3) is 23.6 Å². The van der Waals surface area contributed by atoms with Gasteiger partial charge in [-0.1, -0.05) is 115 Å². The molecule has 0 spiro atoms. The van der Waals surface area contributed by atoms with Crippen LogP contribution in [0.15, 0.2) is 60.7 Å². The van der Waals surface area contributed by atoms with Gasteiger partial charge in [-0.3, -0.25) is 19.2 Å². The molecular weight excluding hydrogens is 873 g/mol. The summed E-state index contributed by atoms with van der Waals surface area (Å²) in [6.07, 6.45) is -3.49. The van der Waals surface area contributed by atoms with Crippen LogP contribution in [0.3, 0.4) is 0 Å². The van der Waals surface area contributed by atoms with Gasteiger partial charge in [-0.05, 0) is 74.8 Å². The standard InChI is InChI=1S/C52H74N4O12/c1-32(2)27-40-50(62)66-36(8)46(58)54(10)42(29-34(5)6)52(64)68-44(31-38-23-17-13-18-24-38)48(60)56-26-20-14-19-25-39(56)49(61)65-35(7)45(57)53(9)41(28-33(3)4)51(63)67-43(47(59)55(40)11)30-37-21-15-12-16-22-37/h12-13,15-18,21-24,32-36,39-44H,14,19-20,25-31H2,1-11H3/t35-,36-,39+,40+,41+,42+,43-,44-/m1/s1. The summed E-state index contributed by atoms with van der Waals surface area (Å²) in [6.45, 7) is 14.1. The molecule has 8 atom stereocenters. The molecule has 16 heteroatoms. The first-order valence-corrected chi connectivity index (χ1v) is 24.1. The molecule has 0 aromatic heterocycles. The lowest BCUT2D eigenvalue weighted by Crippen LogP contribution is -2.55. The van der Waals surface area contributed by atoms with Gasteiger partial charge in [-0.15, -0.1) is 0 Å². The van der Waals surface area contributed by atoms with E-state index in [0.717, 1.165) is 14.7 Å². The summed E-state index contributed by atoms with van der Waals surface area (Å²) in [7, 11) is 4.20. The van der Waals surface area contributed by atoms with Gasteiger partial charge in [0.05, 0.1) is 0 Å². The summed E-state index contributed by atoms with van der Waals surface area (Å²) in [5.41, 5.74) is 1.33. The summed E-state index contributed by atoms with van der Waals surface area (Å²) in [4.78, 5) is 120. The van der Waals surface area contributed by atoms with Gasteiger partial charge < -0.3 is 38.5 Å². The molecule has 0 bridgehead atoms. The Labute approximate surface area is 402 Å². The molecular formula is C52H74N4O12. The van der Waals surface area contributed by atoms with Gasteiger partial charge in [0, 0.05) is 40.5 Å². The number of rotatable bonds is 10. The Hall–Kier alpha value is -5.80. The van der Waals surface area contributed by atoms with Crippen molar-refractivity contribution in [3.63, 3.8) is 0 Å². The van der Waals surface area contributed by atoms with Gasteiger partial charge in [0.15, 0.2) is 24.4 Å². The van der Waals surface area contributed by atoms with Crippen LogP contribution in [0, 0.1) is 17.8 Å². The molecule has 16 nitrogen and oxygen atoms in total. The zero-order valence-corrected chi connectivity index (χ0v) is 41.9. The van der Waals surface area contributed by atoms with E-state index in [-0.39, 0.29) is 62.8 Å². The van der Waals surface area contributed by atoms with Gasteiger partial charge in [0.1, 0.15) is 24.2 Å². The average molecular weight is 947 g/mol. The van der Waals surface area contributed by atoms with Gasteiger partial charge in [-0.25, -0.2) is 19.2 Å². The van der Waals surface area contributed by atoms with E-state index in [1.54, 1.807) is 54.6 Å². The van der Waals surface area contributed by atoms with E-state index in [2.05, 4.69) is 0 Å². The third kappa shape index (κ3) is 15.1. The Morgan fingerprint density at radius 1 is 0.471 bits per heavy atom. The van der Waals surface area contributed by atoms with Crippen LogP contribution in [0.25, 0.3) is 0 Å². The second kappa shape index (κ2) is 25.5. The fourth-order valence-corrected chi connectivity index (χ4v) is 8.70. The fourth-order valence-electron chi connectivity index (χ4n) is 8.70. The van der Waals surface area contributed by atoms with E-state index < -0.39 is 96.1 Å². The first-order chi connectivity index (χ1) is 32.1. The van der Waals surface area contributed by atoms with Crippen molar-refractivity contribution in [3.05, 3.63) is 71.8 Å². The summed E-state index contributed by atoms with van der Waals surface area (Å²) in [6, 6.07) is 13.0. The second-order valence-electron chi connectivity index (χ2n) is 19.6. The van der Waals surface area contributed by atoms with E-state index in [0.29, 0.717) is 30.4 Å². The number of hydrogen-bond acceptors (Lipinski definition) is 12. The number of likely N-dealkylation sites (N-methyl/N-ethyl adjacent to an activating group) is 3. The third-order valence-corrected chi connectivity index (χ3v) is 12.5. The monoisotopic (exact) mass is 947 g/mol. The number of fused-ring (bicyclic) bond motifs is 1. The minimum absolute atomic E-state index is 0.0491. The van der Waals surface area contributed by atoms with Crippen LogP contribution in [0.4, 0.5) is 0 Å². The highest BCUT2D eigenvalue weighted by atomic mass is 16.6. The molecule has 2 aromatic carbocycles. The van der Waals surface area contributed by atoms with Gasteiger partial charge in [0.2, 0.25) is 0 Å². The lowest BCUT2D eigenvalue weighted by atomic mass is 10.00. The Morgan fingerprint density at radius 2 is 0.838 bits per heavy atom. The normalized spacial score (nSPS) is 26.3. The highest BCUT2D eigenvalue weighted by molar-refractivity contribution is 5.94. The molecule has 2 aliphatic heterocycles. The molecule has 0 saturated carbocycles. The zero-order valence-electron chi connectivity index (χ0n) is 41.9. The molecule has 2 heterocycles. The molecule has 2 fully saturated rings. The molecule has 2 aliphatic rings. The maximum absolute atomic E-state index is 14.8. The highest BCUT2D eigenvalue weighted by Crippen LogP contribution is 2.25. The third-order valence-electron chi connectivity index (χ3n) is 12.5. The molecule has 0 aliphatic carbocycles. The van der Waals surface area contributed by atoms with E-state index >= 15 is 0 Å². The molecule has 374 valence electrons. The highest BCUT2D eigenvalue weighted by Gasteiger charge is 2.43. The molecule has 0 radical (unpaired) electrons. The predicted octanol–water partition coefficient (Wildman–Crippen LogP) is 5.56. The molecule has 4 rings (SSSR count). The van der Waals surface area contributed by atoms with Crippen molar-refractivity contribution in [2.45, 2.75) is 162 Å². The van der Waals surface area contributed by atoms with Crippen LogP contribution in [-0.2, 0) is 70.1 Å². The minimum atomic E-state index is -1.46. The van der Waals surface area contributed by atoms with Gasteiger partial charge >= 0.3 is 23.9 Å². The number of carbonyl (C=O) groups excluding carboxylic acids is 8. The Balaban J connectivity index is 1.85. The number of hydrogen-bond donors (Lipinski definition) is 0. The van der Waals surface area contributed by atoms with Crippen molar-refractivity contribution >= 4 is 47.5 Å². The van der Waals surface area contributed by atoms with Crippen molar-refractivity contribution in [2.24, 2.45) is 17.8 Å². The minimum Gasteiger partial charge on any atom is -0.451 e. The lowest BCUT2D eigenvalue weighted by Gasteiger charge is -2.35. The number of ether oxygens (including phenoxy) is 4. The molecule has 2 aromatic rings. The topological polar surface area (TPSA) is 186 Å². The molecule has 4 amide bonds. The Bertz CT molecular complexity index is 2040. The van der Waals surface area contributed by atoms with Crippen molar-refractivity contribution in [1.82, 2.24) is 19.6 Å². The van der Waals surface area contributed by atoms with Gasteiger partial charge in [-0.2, -0.15) is 0 Å². The van der Waals surface area contributed by atoms with E-state index in [9.17, 15) is 38.4 Å². The average Bonchev–Trinajstić information content (AvgIpc) is 3.56. The summed E-state index contributed by atoms with van der Waals surface area (Å²) in [5, 5.41) is 0. The Kier molecular flexibility index (Phi) is 20.6. The predicted molar refractivity (Wildman–Crippen MR) is 253 cm³/mol. The number of benzene rings is 2. The smallest absolute Gasteiger partial charge is 0.329 e. The number of esters is 4. The van der Waals surface area contributed by atoms with Crippen molar-refractivity contribution in [1.29, 1.82) is 0 Å². The largest absolute Gasteiger partial charge is 0.451 e. The maximum Gasteiger partial charge on any atom is 0.329 e. The van der Waals surface area contributed by atoms with Crippen LogP contribution >= 0.6 is 0 Å². The first-order valence-electron chi connectivity index (χ1n) is 24.1. The van der Waals surface area contributed by atoms with Crippen LogP contribution in [0.2, 0.25) is 0 Å². The second-order valence-corrected chi connectivity index (χ2v) is 19.6. The number of amides is 4. The van der Waals surface area contributed by atoms with Crippen molar-refractivity contribution in [2.75, 3.05) is 27.7 Å². The van der Waals surface area contributed by atoms with Crippen LogP contribution in [0.5, 0.6) is 0 Å². The lowest BCUT2D eigenvalue weighted by molar-refractivity contribution is -0.176. The molecule has 68 heavy (non-hydrogen) atoms. The Morgan fingerprint density at radius 3 is 1.25 bits per heavy atom. The van der Waals surface area contributed by atoms with E-state index in [1.807, 2.05) is 47.6 Å². The van der Waals surface area contributed by atoms with Crippen LogP contribution in [-0.4, -0.2) is 143 Å². The maximum atomic E-state index is 14.8. The number of carbonyl (C=O) groups is 8. The first kappa shape index (κ1) is 54.8. The SMILES string of the molecule is CC(C)C[C@H]1C(=O)O[C@H](Cc2ccccc2)C(=O)N2CCCCC[C@H]2C(=O)O[C@H](C)C(=O)N(C)[C@@H](CC(C)C)C(=O)O[C@H](Cc2ccccc2)C(=O)N(C)[C@@H](CC(C)C)C(=O)O[C@H](C)C(=O)N1C.